The van der Waals surface area contributed by atoms with Crippen LogP contribution in [0.2, 0.25) is 0 Å². The summed E-state index contributed by atoms with van der Waals surface area (Å²) < 4.78 is 0. The van der Waals surface area contributed by atoms with E-state index in [1.54, 1.807) is 5.57 Å². The first-order valence-electron chi connectivity index (χ1n) is 66.0. The van der Waals surface area contributed by atoms with Crippen LogP contribution in [0, 0.1) is 226 Å². The van der Waals surface area contributed by atoms with E-state index < -0.39 is 56.0 Å². The predicted molar refractivity (Wildman–Crippen MR) is 621 cm³/mol. The highest BCUT2D eigenvalue weighted by atomic mass is 16.3. The van der Waals surface area contributed by atoms with Crippen molar-refractivity contribution >= 4 is 0 Å². The van der Waals surface area contributed by atoms with Gasteiger partial charge in [-0.05, 0) is 674 Å². The summed E-state index contributed by atoms with van der Waals surface area (Å²) in [6.45, 7) is 69.4. The highest BCUT2D eigenvalue weighted by Gasteiger charge is 2.69. The molecular formula is C139H246O10. The number of rotatable bonds is 24. The molecule has 10 heteroatoms. The molecule has 0 aromatic carbocycles. The van der Waals surface area contributed by atoms with E-state index in [0.29, 0.717) is 60.1 Å². The predicted octanol–water partition coefficient (Wildman–Crippen LogP) is 34.4. The van der Waals surface area contributed by atoms with Gasteiger partial charge in [0.2, 0.25) is 0 Å². The summed E-state index contributed by atoms with van der Waals surface area (Å²) in [5, 5.41) is 106. The minimum absolute atomic E-state index is 0.329. The van der Waals surface area contributed by atoms with Crippen molar-refractivity contribution in [2.45, 2.75) is 636 Å². The third-order valence-corrected chi connectivity index (χ3v) is 56.8. The zero-order valence-electron chi connectivity index (χ0n) is 103. The standard InChI is InChI=1S/3C28H50O2.C28H48O2.C27H48O2/c4*1-7-25(3,29)14-12-19(2)22-10-11-23-21-9-8-20-18-26(4,30)16-17-27(20,5)24(21)13-15-28(22,23)6;1-18(11-13-24(2,3)28)21-9-10-22-20-8-7-19-17-25(4,29)15-16-26(19,5)23(20)12-14-27(21,22)6/h3*19-24,29-30H,7-18H2,1-6H3;8,19,21-24,29-30H,7,9-18H2,1-6H3;18-23,28-29H,7-17H2,1-6H3/t19-,20+,21+,22-,23+,24+,25?,26+,27+,28-;19-,20+,21+,22-,23+,24+,25+,26+,27+,28-;19-,20+,21+,22-,23+,24+,25-,26+,27+,28-;19-,21+,22-,23+,24+,25?,26+,27+,28-;18-,19+,20+,21-,22+,23+,25+,26+,27-/m11111/s1. The number of fused-ring (bicyclic) bond motifs is 25. The van der Waals surface area contributed by atoms with Crippen molar-refractivity contribution in [1.29, 1.82) is 0 Å². The molecule has 2 unspecified atom stereocenters. The zero-order chi connectivity index (χ0) is 109. The van der Waals surface area contributed by atoms with E-state index in [2.05, 4.69) is 165 Å². The second kappa shape index (κ2) is 43.8. The van der Waals surface area contributed by atoms with Gasteiger partial charge in [0, 0.05) is 0 Å². The molecule has 0 saturated heterocycles. The van der Waals surface area contributed by atoms with E-state index in [1.807, 2.05) is 48.5 Å². The first-order chi connectivity index (χ1) is 69.0. The third kappa shape index (κ3) is 23.8. The highest BCUT2D eigenvalue weighted by Crippen LogP contribution is 2.77. The molecule has 0 aromatic heterocycles. The monoisotopic (exact) mass is 2080 g/mol. The van der Waals surface area contributed by atoms with Crippen LogP contribution in [0.15, 0.2) is 11.6 Å². The first kappa shape index (κ1) is 121. The second-order valence-electron chi connectivity index (χ2n) is 66.8. The van der Waals surface area contributed by atoms with Gasteiger partial charge in [-0.25, -0.2) is 0 Å². The van der Waals surface area contributed by atoms with Crippen LogP contribution < -0.4 is 0 Å². The van der Waals surface area contributed by atoms with E-state index in [4.69, 9.17) is 0 Å². The molecule has 19 saturated carbocycles. The molecule has 10 N–H and O–H groups in total. The van der Waals surface area contributed by atoms with Gasteiger partial charge in [-0.15, -0.1) is 0 Å². The van der Waals surface area contributed by atoms with E-state index in [9.17, 15) is 51.1 Å². The van der Waals surface area contributed by atoms with Crippen LogP contribution in [0.5, 0.6) is 0 Å². The van der Waals surface area contributed by atoms with Gasteiger partial charge in [0.05, 0.1) is 56.0 Å². The van der Waals surface area contributed by atoms with Gasteiger partial charge in [0.15, 0.2) is 0 Å². The first-order valence-corrected chi connectivity index (χ1v) is 66.0. The van der Waals surface area contributed by atoms with E-state index in [0.717, 1.165) is 288 Å². The lowest BCUT2D eigenvalue weighted by Gasteiger charge is -2.62. The molecule has 19 fully saturated rings. The van der Waals surface area contributed by atoms with E-state index in [-0.39, 0.29) is 0 Å². The smallest absolute Gasteiger partial charge is 0.0657 e. The summed E-state index contributed by atoms with van der Waals surface area (Å²) in [6.07, 6.45) is 73.3. The quantitative estimate of drug-likeness (QED) is 0.0415. The van der Waals surface area contributed by atoms with Crippen molar-refractivity contribution in [3.8, 4) is 0 Å². The maximum absolute atomic E-state index is 10.7. The Bertz CT molecular complexity index is 4160. The van der Waals surface area contributed by atoms with Crippen LogP contribution in [0.25, 0.3) is 0 Å². The lowest BCUT2D eigenvalue weighted by atomic mass is 9.43. The Kier molecular flexibility index (Phi) is 35.5. The molecule has 862 valence electrons. The van der Waals surface area contributed by atoms with Crippen molar-refractivity contribution in [3.05, 3.63) is 11.6 Å². The molecule has 0 spiro atoms. The maximum atomic E-state index is 10.7. The highest BCUT2D eigenvalue weighted by molar-refractivity contribution is 5.28. The summed E-state index contributed by atoms with van der Waals surface area (Å²) in [4.78, 5) is 0. The number of hydrogen-bond donors (Lipinski definition) is 10. The van der Waals surface area contributed by atoms with Crippen LogP contribution in [0.3, 0.4) is 0 Å². The Morgan fingerprint density at radius 2 is 0.456 bits per heavy atom. The van der Waals surface area contributed by atoms with Crippen molar-refractivity contribution in [2.24, 2.45) is 226 Å². The molecule has 20 aliphatic rings. The Balaban J connectivity index is 0.000000133. The minimum atomic E-state index is -0.528. The Morgan fingerprint density at radius 1 is 0.242 bits per heavy atom. The fraction of sp³-hybridized carbons (Fsp3) is 0.986. The molecule has 20 aliphatic carbocycles. The third-order valence-electron chi connectivity index (χ3n) is 56.8. The molecule has 0 radical (unpaired) electrons. The summed E-state index contributed by atoms with van der Waals surface area (Å²) in [5.41, 5.74) is 1.67. The normalized spacial score (nSPS) is 50.8. The van der Waals surface area contributed by atoms with Crippen LogP contribution in [-0.2, 0) is 0 Å². The Hall–Kier alpha value is -0.660. The van der Waals surface area contributed by atoms with Crippen molar-refractivity contribution in [3.63, 3.8) is 0 Å². The lowest BCUT2D eigenvalue weighted by Crippen LogP contribution is -2.55. The van der Waals surface area contributed by atoms with Gasteiger partial charge in [0.1, 0.15) is 0 Å². The molecule has 48 atom stereocenters. The van der Waals surface area contributed by atoms with Crippen molar-refractivity contribution in [2.75, 3.05) is 0 Å². The Morgan fingerprint density at radius 3 is 0.691 bits per heavy atom. The van der Waals surface area contributed by atoms with Gasteiger partial charge in [-0.2, -0.15) is 0 Å². The van der Waals surface area contributed by atoms with Gasteiger partial charge in [-0.1, -0.05) is 143 Å². The molecule has 10 nitrogen and oxygen atoms in total. The number of allylic oxidation sites excluding steroid dienone is 1. The largest absolute Gasteiger partial charge is 0.390 e. The zero-order valence-corrected chi connectivity index (χ0v) is 103. The average Bonchev–Trinajstić information content (AvgIpc) is 1.69. The number of aliphatic hydroxyl groups is 10. The molecule has 20 rings (SSSR count). The fourth-order valence-electron chi connectivity index (χ4n) is 45.9. The molecule has 149 heavy (non-hydrogen) atoms. The molecule has 0 aromatic rings. The average molecular weight is 2080 g/mol. The van der Waals surface area contributed by atoms with Crippen molar-refractivity contribution in [1.82, 2.24) is 0 Å². The van der Waals surface area contributed by atoms with Gasteiger partial charge in [-0.3, -0.25) is 0 Å². The van der Waals surface area contributed by atoms with Crippen LogP contribution in [0.4, 0.5) is 0 Å². The van der Waals surface area contributed by atoms with Crippen molar-refractivity contribution < 1.29 is 51.1 Å². The fourth-order valence-corrected chi connectivity index (χ4v) is 45.9. The molecule has 0 bridgehead atoms. The lowest BCUT2D eigenvalue weighted by molar-refractivity contribution is -0.148. The van der Waals surface area contributed by atoms with E-state index >= 15 is 0 Å². The van der Waals surface area contributed by atoms with E-state index in [1.165, 1.54) is 250 Å². The van der Waals surface area contributed by atoms with Gasteiger partial charge >= 0.3 is 0 Å². The van der Waals surface area contributed by atoms with Crippen LogP contribution in [-0.4, -0.2) is 107 Å². The number of hydrogen-bond acceptors (Lipinski definition) is 10. The maximum Gasteiger partial charge on any atom is 0.0657 e. The van der Waals surface area contributed by atoms with Gasteiger partial charge in [0.25, 0.3) is 0 Å². The Labute approximate surface area is 918 Å². The minimum Gasteiger partial charge on any atom is -0.390 e. The molecule has 0 aliphatic heterocycles. The van der Waals surface area contributed by atoms with Crippen LogP contribution >= 0.6 is 0 Å². The SMILES string of the molecule is CCC(C)(O)CC[C@@H](C)[C@H]1CC[C@H]2[C@@H]3CC=C4C[C@@](C)(O)CC[C@]4(C)[C@H]3CC[C@]12C.CCC(C)(O)CC[C@@H](C)[C@H]1CC[C@H]2[C@@H]3CC[C@H]4C[C@@](C)(O)CC[C@]4(C)[C@H]3CC[C@]12C.CC[C@@](C)(O)CC[C@@H](C)[C@H]1CC[C@H]2[C@@H]3CC[C@H]4C[C@@](C)(O)CC[C@]4(C)[C@H]3CC[C@]12C.CC[C@](C)(O)CC[C@@H](C)[C@H]1CC[C@H]2[C@@H]3CC[C@H]4C[C@@](C)(O)CC[C@]4(C)[C@H]3CC[C@]12C.C[C@H](CCC(C)(C)O)[C@H]1CC[C@H]2[C@@H]3CC[C@H]4C[C@@](C)(O)CC[C@]4(C)[C@H]3CC[C@]12C. The second-order valence-corrected chi connectivity index (χ2v) is 66.8. The molecular weight excluding hydrogens is 1830 g/mol. The summed E-state index contributed by atoms with van der Waals surface area (Å²) in [6, 6.07) is 0. The van der Waals surface area contributed by atoms with Crippen LogP contribution in [0.1, 0.15) is 580 Å². The molecule has 0 amide bonds. The summed E-state index contributed by atoms with van der Waals surface area (Å²) in [7, 11) is 0. The summed E-state index contributed by atoms with van der Waals surface area (Å²) in [5.74, 6) is 24.2. The van der Waals surface area contributed by atoms with Gasteiger partial charge < -0.3 is 51.1 Å². The summed E-state index contributed by atoms with van der Waals surface area (Å²) >= 11 is 0. The topological polar surface area (TPSA) is 202 Å². The molecule has 0 heterocycles.